The summed E-state index contributed by atoms with van der Waals surface area (Å²) in [5.74, 6) is 0. The average molecular weight is 1280 g/mol. The zero-order valence-corrected chi connectivity index (χ0v) is 55.0. The highest BCUT2D eigenvalue weighted by atomic mass is 15.1. The van der Waals surface area contributed by atoms with Crippen molar-refractivity contribution < 1.29 is 0 Å². The van der Waals surface area contributed by atoms with E-state index in [9.17, 15) is 0 Å². The molecule has 470 valence electrons. The molecule has 0 saturated heterocycles. The normalized spacial score (nSPS) is 11.5. The highest BCUT2D eigenvalue weighted by Crippen LogP contribution is 2.45. The van der Waals surface area contributed by atoms with Gasteiger partial charge < -0.3 is 18.9 Å². The lowest BCUT2D eigenvalue weighted by Crippen LogP contribution is -2.10. The van der Waals surface area contributed by atoms with Crippen LogP contribution in [0, 0.1) is 0 Å². The summed E-state index contributed by atoms with van der Waals surface area (Å²) in [6.45, 7) is 8.16. The lowest BCUT2D eigenvalue weighted by molar-refractivity contribution is 1.18. The molecule has 0 fully saturated rings. The van der Waals surface area contributed by atoms with Crippen LogP contribution in [0.4, 0.5) is 34.1 Å². The van der Waals surface area contributed by atoms with Crippen LogP contribution in [-0.4, -0.2) is 9.13 Å². The standard InChI is InChI=1S/C96H66N4/c1-3-65-17-15-25-85(61-65)97(79-45-29-69(30-46-79)67-19-7-5-8-20-67)81-49-33-71(34-50-81)73-37-53-83(54-38-73)99-91-57-43-77(63-89(91)95-87-27-13-11-23-75(87)41-59-93(95)99)78-44-58-92-90(64-78)96-88-28-14-12-24-76(88)42-60-94(96)100(92)84-55-39-74(40-56-84)72-35-51-82(52-36-72)98(86-26-16-18-66(4-2)62-86)80-47-31-70(32-48-80)68-21-9-6-10-22-68/h3-64H,1-2H2. The number of rotatable bonds is 15. The minimum absolute atomic E-state index is 1.07. The smallest absolute Gasteiger partial charge is 0.0547 e. The molecular formula is C96H66N4. The van der Waals surface area contributed by atoms with Gasteiger partial charge in [-0.1, -0.05) is 256 Å². The maximum atomic E-state index is 4.08. The molecule has 2 aromatic heterocycles. The lowest BCUT2D eigenvalue weighted by atomic mass is 9.98. The van der Waals surface area contributed by atoms with Gasteiger partial charge in [0.25, 0.3) is 0 Å². The Kier molecular flexibility index (Phi) is 14.8. The van der Waals surface area contributed by atoms with Gasteiger partial charge in [0, 0.05) is 67.0 Å². The van der Waals surface area contributed by atoms with E-state index in [1.165, 1.54) is 87.5 Å². The van der Waals surface area contributed by atoms with Gasteiger partial charge in [-0.3, -0.25) is 0 Å². The Bertz CT molecular complexity index is 5740. The van der Waals surface area contributed by atoms with Crippen LogP contribution < -0.4 is 9.80 Å². The zero-order chi connectivity index (χ0) is 66.6. The summed E-state index contributed by atoms with van der Waals surface area (Å²) >= 11 is 0. The van der Waals surface area contributed by atoms with Gasteiger partial charge in [-0.15, -0.1) is 0 Å². The van der Waals surface area contributed by atoms with Crippen molar-refractivity contribution in [3.8, 4) is 67.0 Å². The van der Waals surface area contributed by atoms with Crippen molar-refractivity contribution in [1.82, 2.24) is 9.13 Å². The molecule has 0 aliphatic rings. The second-order valence-electron chi connectivity index (χ2n) is 25.8. The van der Waals surface area contributed by atoms with Gasteiger partial charge in [0.15, 0.2) is 0 Å². The van der Waals surface area contributed by atoms with E-state index < -0.39 is 0 Å². The van der Waals surface area contributed by atoms with Crippen LogP contribution >= 0.6 is 0 Å². The molecule has 0 atom stereocenters. The molecule has 0 bridgehead atoms. The highest BCUT2D eigenvalue weighted by molar-refractivity contribution is 6.24. The predicted molar refractivity (Wildman–Crippen MR) is 427 cm³/mol. The third-order valence-electron chi connectivity index (χ3n) is 20.0. The Morgan fingerprint density at radius 2 is 0.510 bits per heavy atom. The predicted octanol–water partition coefficient (Wildman–Crippen LogP) is 26.7. The third kappa shape index (κ3) is 10.6. The van der Waals surface area contributed by atoms with Gasteiger partial charge in [-0.2, -0.15) is 0 Å². The quantitative estimate of drug-likeness (QED) is 0.102. The Morgan fingerprint density at radius 3 is 0.860 bits per heavy atom. The number of nitrogens with zero attached hydrogens (tertiary/aromatic N) is 4. The molecule has 0 amide bonds. The first-order chi connectivity index (χ1) is 49.5. The van der Waals surface area contributed by atoms with Crippen LogP contribution in [0.5, 0.6) is 0 Å². The van der Waals surface area contributed by atoms with Gasteiger partial charge in [0.05, 0.1) is 22.1 Å². The molecule has 16 aromatic carbocycles. The second-order valence-corrected chi connectivity index (χ2v) is 25.8. The van der Waals surface area contributed by atoms with Crippen molar-refractivity contribution in [2.24, 2.45) is 0 Å². The van der Waals surface area contributed by atoms with E-state index in [1.807, 2.05) is 12.2 Å². The minimum atomic E-state index is 1.07. The molecule has 0 aliphatic carbocycles. The molecule has 2 heterocycles. The van der Waals surface area contributed by atoms with E-state index in [2.05, 4.69) is 396 Å². The summed E-state index contributed by atoms with van der Waals surface area (Å²) < 4.78 is 4.89. The molecule has 4 nitrogen and oxygen atoms in total. The van der Waals surface area contributed by atoms with E-state index in [0.717, 1.165) is 89.9 Å². The summed E-state index contributed by atoms with van der Waals surface area (Å²) in [5, 5.41) is 9.84. The summed E-state index contributed by atoms with van der Waals surface area (Å²) in [5.41, 5.74) is 27.2. The first kappa shape index (κ1) is 59.2. The molecular weight excluding hydrogens is 1210 g/mol. The highest BCUT2D eigenvalue weighted by Gasteiger charge is 2.22. The molecule has 18 rings (SSSR count). The van der Waals surface area contributed by atoms with E-state index in [0.29, 0.717) is 0 Å². The number of anilines is 6. The number of hydrogen-bond acceptors (Lipinski definition) is 2. The topological polar surface area (TPSA) is 16.3 Å². The van der Waals surface area contributed by atoms with Gasteiger partial charge in [0.1, 0.15) is 0 Å². The number of hydrogen-bond donors (Lipinski definition) is 0. The fourth-order valence-corrected chi connectivity index (χ4v) is 15.1. The maximum Gasteiger partial charge on any atom is 0.0547 e. The van der Waals surface area contributed by atoms with Crippen molar-refractivity contribution in [1.29, 1.82) is 0 Å². The summed E-state index contributed by atoms with van der Waals surface area (Å²) in [4.78, 5) is 4.64. The van der Waals surface area contributed by atoms with Crippen LogP contribution in [0.1, 0.15) is 11.1 Å². The summed E-state index contributed by atoms with van der Waals surface area (Å²) in [6, 6.07) is 133. The van der Waals surface area contributed by atoms with Crippen LogP contribution in [0.15, 0.2) is 377 Å². The van der Waals surface area contributed by atoms with E-state index in [1.54, 1.807) is 0 Å². The molecule has 0 saturated carbocycles. The van der Waals surface area contributed by atoms with Gasteiger partial charge in [-0.25, -0.2) is 0 Å². The van der Waals surface area contributed by atoms with Crippen molar-refractivity contribution in [3.63, 3.8) is 0 Å². The molecule has 0 spiro atoms. The van der Waals surface area contributed by atoms with Crippen molar-refractivity contribution in [2.75, 3.05) is 9.80 Å². The monoisotopic (exact) mass is 1270 g/mol. The van der Waals surface area contributed by atoms with E-state index in [-0.39, 0.29) is 0 Å². The van der Waals surface area contributed by atoms with Crippen LogP contribution in [0.2, 0.25) is 0 Å². The Balaban J connectivity index is 0.673. The van der Waals surface area contributed by atoms with E-state index >= 15 is 0 Å². The molecule has 0 unspecified atom stereocenters. The Morgan fingerprint density at radius 1 is 0.210 bits per heavy atom. The molecule has 0 aliphatic heterocycles. The molecule has 0 radical (unpaired) electrons. The van der Waals surface area contributed by atoms with Crippen LogP contribution in [-0.2, 0) is 0 Å². The van der Waals surface area contributed by atoms with Gasteiger partial charge in [0.2, 0.25) is 0 Å². The first-order valence-electron chi connectivity index (χ1n) is 34.2. The number of benzene rings is 16. The lowest BCUT2D eigenvalue weighted by Gasteiger charge is -2.26. The maximum absolute atomic E-state index is 4.08. The number of fused-ring (bicyclic) bond motifs is 10. The minimum Gasteiger partial charge on any atom is -0.310 e. The van der Waals surface area contributed by atoms with Crippen molar-refractivity contribution >= 4 is 111 Å². The zero-order valence-electron chi connectivity index (χ0n) is 55.0. The van der Waals surface area contributed by atoms with Gasteiger partial charge >= 0.3 is 0 Å². The Labute approximate surface area is 582 Å². The molecule has 0 N–H and O–H groups in total. The SMILES string of the molecule is C=Cc1cccc(N(c2ccc(-c3ccccc3)cc2)c2ccc(-c3ccc(-n4c5ccc(-c6ccc7c(c6)c6c8ccccc8ccc6n7-c6ccc(-c7ccc(N(c8ccc(-c9ccccc9)cc8)c8cccc(C=C)c8)cc7)cc6)cc5c5c6ccccc6ccc54)cc3)cc2)c1. The molecule has 18 aromatic rings. The average Bonchev–Trinajstić information content (AvgIpc) is 1.57. The Hall–Kier alpha value is -13.3. The van der Waals surface area contributed by atoms with Crippen molar-refractivity contribution in [3.05, 3.63) is 388 Å². The molecule has 100 heavy (non-hydrogen) atoms. The van der Waals surface area contributed by atoms with Crippen LogP contribution in [0.25, 0.3) is 144 Å². The molecule has 4 heteroatoms. The summed E-state index contributed by atoms with van der Waals surface area (Å²) in [7, 11) is 0. The fourth-order valence-electron chi connectivity index (χ4n) is 15.1. The number of aromatic nitrogens is 2. The fraction of sp³-hybridized carbons (Fsp3) is 0. The largest absolute Gasteiger partial charge is 0.310 e. The van der Waals surface area contributed by atoms with E-state index in [4.69, 9.17) is 0 Å². The van der Waals surface area contributed by atoms with Crippen molar-refractivity contribution in [2.45, 2.75) is 0 Å². The van der Waals surface area contributed by atoms with Crippen LogP contribution in [0.3, 0.4) is 0 Å². The van der Waals surface area contributed by atoms with Gasteiger partial charge in [-0.05, 0) is 222 Å². The first-order valence-corrected chi connectivity index (χ1v) is 34.2. The summed E-state index contributed by atoms with van der Waals surface area (Å²) in [6.07, 6.45) is 3.81. The third-order valence-corrected chi connectivity index (χ3v) is 20.0. The second kappa shape index (κ2) is 25.0.